The van der Waals surface area contributed by atoms with Gasteiger partial charge < -0.3 is 10.1 Å². The molecule has 2 aliphatic rings. The summed E-state index contributed by atoms with van der Waals surface area (Å²) in [6.45, 7) is 2.70. The number of benzene rings is 1. The van der Waals surface area contributed by atoms with Crippen molar-refractivity contribution in [2.24, 2.45) is 10.9 Å². The second kappa shape index (κ2) is 7.23. The molecule has 1 fully saturated rings. The lowest BCUT2D eigenvalue weighted by Crippen LogP contribution is -2.30. The monoisotopic (exact) mass is 354 g/mol. The molecule has 23 heavy (non-hydrogen) atoms. The number of nitrogens with one attached hydrogen (secondary N) is 1. The van der Waals surface area contributed by atoms with Gasteiger partial charge in [0.1, 0.15) is 12.4 Å². The molecule has 2 aliphatic heterocycles. The van der Waals surface area contributed by atoms with Crippen LogP contribution in [0.1, 0.15) is 12.8 Å². The third kappa shape index (κ3) is 4.49. The predicted octanol–water partition coefficient (Wildman–Crippen LogP) is 1.98. The predicted molar refractivity (Wildman–Crippen MR) is 94.3 cm³/mol. The van der Waals surface area contributed by atoms with Crippen molar-refractivity contribution in [2.75, 3.05) is 31.7 Å². The normalized spacial score (nSPS) is 22.8. The second-order valence-electron chi connectivity index (χ2n) is 6.01. The van der Waals surface area contributed by atoms with Crippen molar-refractivity contribution in [2.45, 2.75) is 23.8 Å². The van der Waals surface area contributed by atoms with Crippen LogP contribution < -0.4 is 10.1 Å². The lowest BCUT2D eigenvalue weighted by molar-refractivity contribution is 0.299. The molecule has 0 spiro atoms. The molecule has 1 aromatic rings. The summed E-state index contributed by atoms with van der Waals surface area (Å²) in [6.07, 6.45) is 3.55. The van der Waals surface area contributed by atoms with Crippen molar-refractivity contribution in [1.29, 1.82) is 0 Å². The maximum atomic E-state index is 11.4. The molecule has 1 aromatic carbocycles. The van der Waals surface area contributed by atoms with Gasteiger partial charge in [-0.25, -0.2) is 8.42 Å². The minimum atomic E-state index is -3.16. The molecule has 1 unspecified atom stereocenters. The Bertz CT molecular complexity index is 665. The number of thioether (sulfide) groups is 1. The van der Waals surface area contributed by atoms with Gasteiger partial charge in [-0.2, -0.15) is 0 Å². The summed E-state index contributed by atoms with van der Waals surface area (Å²) in [5.41, 5.74) is 0. The van der Waals surface area contributed by atoms with Gasteiger partial charge in [0.25, 0.3) is 0 Å². The number of sulfone groups is 1. The zero-order valence-electron chi connectivity index (χ0n) is 13.2. The van der Waals surface area contributed by atoms with Gasteiger partial charge >= 0.3 is 0 Å². The molecule has 2 heterocycles. The van der Waals surface area contributed by atoms with E-state index >= 15 is 0 Å². The summed E-state index contributed by atoms with van der Waals surface area (Å²) >= 11 is 1.86. The maximum absolute atomic E-state index is 11.4. The fourth-order valence-corrected chi connectivity index (χ4v) is 4.65. The minimum Gasteiger partial charge on any atom is -0.491 e. The Labute approximate surface area is 141 Å². The second-order valence-corrected chi connectivity index (χ2v) is 9.07. The molecule has 7 heteroatoms. The fraction of sp³-hybridized carbons (Fsp3) is 0.562. The molecule has 0 amide bonds. The highest BCUT2D eigenvalue weighted by Gasteiger charge is 2.26. The lowest BCUT2D eigenvalue weighted by Gasteiger charge is -2.21. The third-order valence-electron chi connectivity index (χ3n) is 4.12. The van der Waals surface area contributed by atoms with Gasteiger partial charge in [0.15, 0.2) is 9.84 Å². The highest BCUT2D eigenvalue weighted by molar-refractivity contribution is 8.14. The average molecular weight is 354 g/mol. The van der Waals surface area contributed by atoms with Gasteiger partial charge in [0, 0.05) is 17.9 Å². The maximum Gasteiger partial charge on any atom is 0.175 e. The Hall–Kier alpha value is -1.05. The van der Waals surface area contributed by atoms with Crippen molar-refractivity contribution < 1.29 is 13.2 Å². The van der Waals surface area contributed by atoms with Crippen LogP contribution in [-0.4, -0.2) is 51.2 Å². The van der Waals surface area contributed by atoms with Gasteiger partial charge in [-0.15, -0.1) is 11.8 Å². The van der Waals surface area contributed by atoms with E-state index in [0.717, 1.165) is 18.8 Å². The molecule has 0 bridgehead atoms. The van der Waals surface area contributed by atoms with Crippen LogP contribution in [0.5, 0.6) is 5.75 Å². The van der Waals surface area contributed by atoms with Crippen molar-refractivity contribution in [3.8, 4) is 5.75 Å². The van der Waals surface area contributed by atoms with Crippen LogP contribution in [0.4, 0.5) is 0 Å². The van der Waals surface area contributed by atoms with Crippen molar-refractivity contribution in [3.05, 3.63) is 24.3 Å². The Morgan fingerprint density at radius 1 is 1.26 bits per heavy atom. The molecule has 126 valence electrons. The van der Waals surface area contributed by atoms with Crippen LogP contribution >= 0.6 is 11.8 Å². The zero-order chi connectivity index (χ0) is 16.3. The molecular formula is C16H22N2O3S2. The van der Waals surface area contributed by atoms with E-state index in [1.807, 2.05) is 11.8 Å². The number of piperidine rings is 1. The number of ether oxygens (including phenoxy) is 1. The van der Waals surface area contributed by atoms with Gasteiger partial charge in [-0.3, -0.25) is 4.99 Å². The Morgan fingerprint density at radius 2 is 1.96 bits per heavy atom. The van der Waals surface area contributed by atoms with Crippen LogP contribution in [0, 0.1) is 5.92 Å². The molecule has 0 saturated carbocycles. The quantitative estimate of drug-likeness (QED) is 0.876. The summed E-state index contributed by atoms with van der Waals surface area (Å²) in [4.78, 5) is 5.13. The highest BCUT2D eigenvalue weighted by Crippen LogP contribution is 2.28. The first kappa shape index (κ1) is 16.8. The van der Waals surface area contributed by atoms with Crippen molar-refractivity contribution in [3.63, 3.8) is 0 Å². The summed E-state index contributed by atoms with van der Waals surface area (Å²) in [5, 5.41) is 4.66. The van der Waals surface area contributed by atoms with Crippen LogP contribution in [0.3, 0.4) is 0 Å². The number of hydrogen-bond acceptors (Lipinski definition) is 6. The first-order valence-electron chi connectivity index (χ1n) is 7.86. The van der Waals surface area contributed by atoms with Crippen molar-refractivity contribution >= 4 is 26.6 Å². The Kier molecular flexibility index (Phi) is 5.28. The summed E-state index contributed by atoms with van der Waals surface area (Å²) in [5.74, 6) is 2.27. The molecule has 0 aromatic heterocycles. The summed E-state index contributed by atoms with van der Waals surface area (Å²) in [7, 11) is -3.16. The lowest BCUT2D eigenvalue weighted by atomic mass is 9.99. The summed E-state index contributed by atoms with van der Waals surface area (Å²) < 4.78 is 28.6. The van der Waals surface area contributed by atoms with Crippen LogP contribution in [-0.2, 0) is 9.84 Å². The Balaban J connectivity index is 1.53. The Morgan fingerprint density at radius 3 is 2.61 bits per heavy atom. The number of hydrogen-bond donors (Lipinski definition) is 1. The molecule has 1 N–H and O–H groups in total. The topological polar surface area (TPSA) is 67.8 Å². The van der Waals surface area contributed by atoms with Crippen LogP contribution in [0.2, 0.25) is 0 Å². The number of aliphatic imine (C=N–C) groups is 1. The largest absolute Gasteiger partial charge is 0.491 e. The zero-order valence-corrected chi connectivity index (χ0v) is 14.8. The highest BCUT2D eigenvalue weighted by atomic mass is 32.2. The minimum absolute atomic E-state index is 0.194. The van der Waals surface area contributed by atoms with Gasteiger partial charge in [-0.1, -0.05) is 0 Å². The fourth-order valence-electron chi connectivity index (χ4n) is 2.79. The van der Waals surface area contributed by atoms with E-state index in [4.69, 9.17) is 9.73 Å². The van der Waals surface area contributed by atoms with E-state index in [2.05, 4.69) is 5.32 Å². The average Bonchev–Trinajstić information content (AvgIpc) is 3.02. The van der Waals surface area contributed by atoms with E-state index in [0.29, 0.717) is 23.2 Å². The van der Waals surface area contributed by atoms with Crippen LogP contribution in [0.25, 0.3) is 0 Å². The van der Waals surface area contributed by atoms with E-state index in [9.17, 15) is 8.42 Å². The molecule has 1 saturated heterocycles. The van der Waals surface area contributed by atoms with E-state index in [-0.39, 0.29) is 6.04 Å². The number of nitrogens with zero attached hydrogens (tertiary/aromatic N) is 1. The van der Waals surface area contributed by atoms with Crippen molar-refractivity contribution in [1.82, 2.24) is 5.32 Å². The van der Waals surface area contributed by atoms with Gasteiger partial charge in [0.2, 0.25) is 0 Å². The first-order valence-corrected chi connectivity index (χ1v) is 10.7. The standard InChI is InChI=1S/C16H22N2O3S2/c1-23(19,20)15-4-2-14(3-5-15)21-10-13-11-22-16(18-13)12-6-8-17-9-7-12/h2-5,12-13,17H,6-11H2,1H3. The van der Waals surface area contributed by atoms with Gasteiger partial charge in [0.05, 0.1) is 16.0 Å². The van der Waals surface area contributed by atoms with E-state index in [1.54, 1.807) is 24.3 Å². The van der Waals surface area contributed by atoms with E-state index in [1.165, 1.54) is 24.1 Å². The van der Waals surface area contributed by atoms with E-state index < -0.39 is 9.84 Å². The molecule has 0 aliphatic carbocycles. The summed E-state index contributed by atoms with van der Waals surface area (Å²) in [6, 6.07) is 6.76. The van der Waals surface area contributed by atoms with Crippen LogP contribution in [0.15, 0.2) is 34.2 Å². The first-order chi connectivity index (χ1) is 11.0. The SMILES string of the molecule is CS(=O)(=O)c1ccc(OCC2CSC(C3CCNCC3)=N2)cc1. The number of rotatable bonds is 5. The molecule has 5 nitrogen and oxygen atoms in total. The van der Waals surface area contributed by atoms with Gasteiger partial charge in [-0.05, 0) is 50.2 Å². The molecule has 0 radical (unpaired) electrons. The molecular weight excluding hydrogens is 332 g/mol. The molecule has 3 rings (SSSR count). The third-order valence-corrected chi connectivity index (χ3v) is 6.53. The smallest absolute Gasteiger partial charge is 0.175 e. The molecule has 1 atom stereocenters.